The molecule has 0 aliphatic carbocycles. The molecule has 2 aromatic rings. The van der Waals surface area contributed by atoms with E-state index in [-0.39, 0.29) is 11.4 Å². The number of benzene rings is 1. The predicted octanol–water partition coefficient (Wildman–Crippen LogP) is 3.05. The second-order valence-corrected chi connectivity index (χ2v) is 5.79. The maximum absolute atomic E-state index is 12.0. The van der Waals surface area contributed by atoms with Gasteiger partial charge in [0.1, 0.15) is 0 Å². The van der Waals surface area contributed by atoms with Crippen LogP contribution in [0.1, 0.15) is 31.1 Å². The number of nitrogens with zero attached hydrogens (tertiary/aromatic N) is 2. The number of halogens is 1. The fourth-order valence-electron chi connectivity index (χ4n) is 1.59. The van der Waals surface area contributed by atoms with Crippen molar-refractivity contribution < 1.29 is 4.79 Å². The maximum atomic E-state index is 12.0. The minimum absolute atomic E-state index is 0.132. The van der Waals surface area contributed by atoms with E-state index in [1.165, 1.54) is 0 Å². The van der Waals surface area contributed by atoms with Crippen LogP contribution in [0.5, 0.6) is 0 Å². The summed E-state index contributed by atoms with van der Waals surface area (Å²) in [4.78, 5) is 12.0. The quantitative estimate of drug-likeness (QED) is 0.917. The molecule has 4 nitrogen and oxygen atoms in total. The minimum atomic E-state index is -0.264. The molecule has 1 aromatic carbocycles. The van der Waals surface area contributed by atoms with Crippen LogP contribution in [-0.2, 0) is 0 Å². The average molecular weight is 278 g/mol. The van der Waals surface area contributed by atoms with Crippen molar-refractivity contribution >= 4 is 17.5 Å². The minimum Gasteiger partial charge on any atom is -0.347 e. The Labute approximate surface area is 117 Å². The van der Waals surface area contributed by atoms with Crippen molar-refractivity contribution in [3.05, 3.63) is 47.2 Å². The van der Waals surface area contributed by atoms with E-state index in [2.05, 4.69) is 10.4 Å². The second-order valence-electron chi connectivity index (χ2n) is 5.35. The van der Waals surface area contributed by atoms with Crippen molar-refractivity contribution in [1.82, 2.24) is 15.1 Å². The largest absolute Gasteiger partial charge is 0.347 e. The Hall–Kier alpha value is -1.81. The highest BCUT2D eigenvalue weighted by Gasteiger charge is 2.16. The molecular formula is C14H16ClN3O. The molecule has 100 valence electrons. The van der Waals surface area contributed by atoms with Crippen LogP contribution in [0.15, 0.2) is 36.7 Å². The summed E-state index contributed by atoms with van der Waals surface area (Å²) in [5.41, 5.74) is 1.13. The van der Waals surface area contributed by atoms with Crippen molar-refractivity contribution in [2.75, 3.05) is 0 Å². The SMILES string of the molecule is CC(C)(C)NC(=O)c1cnn(-c2ccc(Cl)cc2)c1. The highest BCUT2D eigenvalue weighted by Crippen LogP contribution is 2.13. The molecule has 0 fully saturated rings. The van der Waals surface area contributed by atoms with Crippen molar-refractivity contribution in [2.24, 2.45) is 0 Å². The van der Waals surface area contributed by atoms with E-state index < -0.39 is 0 Å². The Morgan fingerprint density at radius 2 is 1.89 bits per heavy atom. The number of hydrogen-bond donors (Lipinski definition) is 1. The van der Waals surface area contributed by atoms with Crippen LogP contribution in [0.4, 0.5) is 0 Å². The van der Waals surface area contributed by atoms with Crippen LogP contribution in [0.2, 0.25) is 5.02 Å². The van der Waals surface area contributed by atoms with Gasteiger partial charge in [0.2, 0.25) is 0 Å². The Kier molecular flexibility index (Phi) is 3.62. The molecule has 1 amide bonds. The van der Waals surface area contributed by atoms with Crippen molar-refractivity contribution in [1.29, 1.82) is 0 Å². The summed E-state index contributed by atoms with van der Waals surface area (Å²) in [7, 11) is 0. The topological polar surface area (TPSA) is 46.9 Å². The van der Waals surface area contributed by atoms with Gasteiger partial charge in [0.05, 0.1) is 17.4 Å². The molecule has 0 bridgehead atoms. The number of nitrogens with one attached hydrogen (secondary N) is 1. The first-order valence-corrected chi connectivity index (χ1v) is 6.36. The molecule has 0 aliphatic heterocycles. The lowest BCUT2D eigenvalue weighted by Gasteiger charge is -2.19. The summed E-state index contributed by atoms with van der Waals surface area (Å²) in [6.07, 6.45) is 3.25. The molecule has 0 radical (unpaired) electrons. The van der Waals surface area contributed by atoms with E-state index in [0.29, 0.717) is 10.6 Å². The molecule has 0 saturated carbocycles. The van der Waals surface area contributed by atoms with Gasteiger partial charge in [-0.3, -0.25) is 4.79 Å². The molecule has 0 saturated heterocycles. The van der Waals surface area contributed by atoms with E-state index in [4.69, 9.17) is 11.6 Å². The van der Waals surface area contributed by atoms with Crippen LogP contribution in [0.25, 0.3) is 5.69 Å². The van der Waals surface area contributed by atoms with Crippen LogP contribution in [0, 0.1) is 0 Å². The maximum Gasteiger partial charge on any atom is 0.254 e. The molecule has 0 aliphatic rings. The van der Waals surface area contributed by atoms with Gasteiger partial charge in [-0.2, -0.15) is 5.10 Å². The van der Waals surface area contributed by atoms with Gasteiger partial charge in [-0.15, -0.1) is 0 Å². The zero-order valence-electron chi connectivity index (χ0n) is 11.1. The Balaban J connectivity index is 2.19. The van der Waals surface area contributed by atoms with Gasteiger partial charge in [-0.1, -0.05) is 11.6 Å². The molecule has 19 heavy (non-hydrogen) atoms. The smallest absolute Gasteiger partial charge is 0.254 e. The van der Waals surface area contributed by atoms with E-state index in [1.807, 2.05) is 32.9 Å². The van der Waals surface area contributed by atoms with Gasteiger partial charge in [0, 0.05) is 16.8 Å². The third-order valence-electron chi connectivity index (χ3n) is 2.42. The van der Waals surface area contributed by atoms with E-state index in [1.54, 1.807) is 29.2 Å². The van der Waals surface area contributed by atoms with Crippen LogP contribution >= 0.6 is 11.6 Å². The Bertz CT molecular complexity index is 581. The standard InChI is InChI=1S/C14H16ClN3O/c1-14(2,3)17-13(19)10-8-16-18(9-10)12-6-4-11(15)5-7-12/h4-9H,1-3H3,(H,17,19). The molecule has 5 heteroatoms. The first-order chi connectivity index (χ1) is 8.85. The highest BCUT2D eigenvalue weighted by molar-refractivity contribution is 6.30. The lowest BCUT2D eigenvalue weighted by molar-refractivity contribution is 0.0919. The predicted molar refractivity (Wildman–Crippen MR) is 75.8 cm³/mol. The lowest BCUT2D eigenvalue weighted by atomic mass is 10.1. The summed E-state index contributed by atoms with van der Waals surface area (Å²) in [6.45, 7) is 5.82. The van der Waals surface area contributed by atoms with Gasteiger partial charge in [0.15, 0.2) is 0 Å². The molecule has 1 heterocycles. The third kappa shape index (κ3) is 3.58. The summed E-state index contributed by atoms with van der Waals surface area (Å²) in [5.74, 6) is -0.132. The summed E-state index contributed by atoms with van der Waals surface area (Å²) < 4.78 is 1.65. The highest BCUT2D eigenvalue weighted by atomic mass is 35.5. The number of rotatable bonds is 2. The van der Waals surface area contributed by atoms with Gasteiger partial charge in [0.25, 0.3) is 5.91 Å². The van der Waals surface area contributed by atoms with Gasteiger partial charge >= 0.3 is 0 Å². The Morgan fingerprint density at radius 1 is 1.26 bits per heavy atom. The van der Waals surface area contributed by atoms with Gasteiger partial charge in [-0.05, 0) is 45.0 Å². The fourth-order valence-corrected chi connectivity index (χ4v) is 1.71. The number of aromatic nitrogens is 2. The molecule has 0 unspecified atom stereocenters. The van der Waals surface area contributed by atoms with E-state index in [0.717, 1.165) is 5.69 Å². The van der Waals surface area contributed by atoms with Crippen molar-refractivity contribution in [3.8, 4) is 5.69 Å². The van der Waals surface area contributed by atoms with E-state index >= 15 is 0 Å². The number of carbonyl (C=O) groups is 1. The van der Waals surface area contributed by atoms with Crippen molar-refractivity contribution in [3.63, 3.8) is 0 Å². The van der Waals surface area contributed by atoms with Gasteiger partial charge in [-0.25, -0.2) is 4.68 Å². The number of amides is 1. The Morgan fingerprint density at radius 3 is 2.47 bits per heavy atom. The summed E-state index contributed by atoms with van der Waals surface area (Å²) in [5, 5.41) is 7.74. The van der Waals surface area contributed by atoms with E-state index in [9.17, 15) is 4.79 Å². The zero-order valence-corrected chi connectivity index (χ0v) is 11.9. The molecular weight excluding hydrogens is 262 g/mol. The molecule has 0 atom stereocenters. The molecule has 2 rings (SSSR count). The zero-order chi connectivity index (χ0) is 14.0. The van der Waals surface area contributed by atoms with Crippen molar-refractivity contribution in [2.45, 2.75) is 26.3 Å². The second kappa shape index (κ2) is 5.05. The normalized spacial score (nSPS) is 11.4. The third-order valence-corrected chi connectivity index (χ3v) is 2.68. The monoisotopic (exact) mass is 277 g/mol. The first kappa shape index (κ1) is 13.6. The molecule has 1 N–H and O–H groups in total. The fraction of sp³-hybridized carbons (Fsp3) is 0.286. The van der Waals surface area contributed by atoms with Gasteiger partial charge < -0.3 is 5.32 Å². The molecule has 1 aromatic heterocycles. The lowest BCUT2D eigenvalue weighted by Crippen LogP contribution is -2.40. The van der Waals surface area contributed by atoms with Crippen LogP contribution in [-0.4, -0.2) is 21.2 Å². The molecule has 0 spiro atoms. The average Bonchev–Trinajstić information content (AvgIpc) is 2.77. The summed E-state index contributed by atoms with van der Waals surface area (Å²) >= 11 is 5.83. The van der Waals surface area contributed by atoms with Crippen LogP contribution in [0.3, 0.4) is 0 Å². The van der Waals surface area contributed by atoms with Crippen LogP contribution < -0.4 is 5.32 Å². The number of hydrogen-bond acceptors (Lipinski definition) is 2. The first-order valence-electron chi connectivity index (χ1n) is 5.98. The number of carbonyl (C=O) groups excluding carboxylic acids is 1. The summed E-state index contributed by atoms with van der Waals surface area (Å²) in [6, 6.07) is 7.27.